The summed E-state index contributed by atoms with van der Waals surface area (Å²) in [5.74, 6) is 0. The number of hydrogen-bond donors (Lipinski definition) is 0. The second-order valence-electron chi connectivity index (χ2n) is 21.9. The predicted molar refractivity (Wildman–Crippen MR) is 324 cm³/mol. The summed E-state index contributed by atoms with van der Waals surface area (Å²) in [4.78, 5) is 2.46. The monoisotopic (exact) mass is 993 g/mol. The maximum absolute atomic E-state index is 6.57. The van der Waals surface area contributed by atoms with Crippen LogP contribution in [0.4, 0.5) is 17.1 Å². The second kappa shape index (κ2) is 16.9. The number of benzene rings is 12. The van der Waals surface area contributed by atoms with Crippen LogP contribution in [-0.4, -0.2) is 0 Å². The van der Waals surface area contributed by atoms with Crippen molar-refractivity contribution in [2.75, 3.05) is 4.90 Å². The van der Waals surface area contributed by atoms with Gasteiger partial charge in [0.1, 0.15) is 11.2 Å². The molecule has 1 aromatic heterocycles. The molecular formula is C76H51NO. The van der Waals surface area contributed by atoms with Gasteiger partial charge in [-0.15, -0.1) is 0 Å². The third-order valence-corrected chi connectivity index (χ3v) is 17.5. The molecule has 3 aliphatic rings. The normalized spacial score (nSPS) is 13.7. The molecule has 366 valence electrons. The quantitative estimate of drug-likeness (QED) is 0.165. The molecular weight excluding hydrogens is 943 g/mol. The van der Waals surface area contributed by atoms with E-state index < -0.39 is 5.41 Å². The van der Waals surface area contributed by atoms with Gasteiger partial charge in [0, 0.05) is 38.8 Å². The van der Waals surface area contributed by atoms with Gasteiger partial charge in [-0.1, -0.05) is 238 Å². The smallest absolute Gasteiger partial charge is 0.143 e. The van der Waals surface area contributed by atoms with Crippen molar-refractivity contribution in [2.45, 2.75) is 24.7 Å². The zero-order valence-electron chi connectivity index (χ0n) is 43.3. The fourth-order valence-electron chi connectivity index (χ4n) is 14.0. The predicted octanol–water partition coefficient (Wildman–Crippen LogP) is 20.4. The van der Waals surface area contributed by atoms with Gasteiger partial charge in [-0.05, 0) is 154 Å². The lowest BCUT2D eigenvalue weighted by atomic mass is 9.66. The first-order valence-corrected chi connectivity index (χ1v) is 27.2. The van der Waals surface area contributed by atoms with Crippen LogP contribution in [-0.2, 0) is 10.8 Å². The highest BCUT2D eigenvalue weighted by Gasteiger charge is 2.50. The number of para-hydroxylation sites is 2. The van der Waals surface area contributed by atoms with E-state index in [9.17, 15) is 0 Å². The van der Waals surface area contributed by atoms with E-state index in [1.54, 1.807) is 0 Å². The molecule has 16 rings (SSSR count). The van der Waals surface area contributed by atoms with Crippen LogP contribution in [0.1, 0.15) is 47.2 Å². The van der Waals surface area contributed by atoms with Gasteiger partial charge in [0.15, 0.2) is 0 Å². The average Bonchev–Trinajstić information content (AvgIpc) is 3.92. The first kappa shape index (κ1) is 44.5. The summed E-state index contributed by atoms with van der Waals surface area (Å²) in [5.41, 5.74) is 29.4. The Hall–Kier alpha value is -9.76. The van der Waals surface area contributed by atoms with Crippen LogP contribution in [0.2, 0.25) is 0 Å². The number of furan rings is 1. The molecule has 0 aliphatic heterocycles. The topological polar surface area (TPSA) is 16.4 Å². The van der Waals surface area contributed by atoms with Gasteiger partial charge in [0.05, 0.1) is 5.41 Å². The van der Waals surface area contributed by atoms with Crippen molar-refractivity contribution in [1.82, 2.24) is 0 Å². The van der Waals surface area contributed by atoms with Crippen LogP contribution >= 0.6 is 0 Å². The first-order valence-electron chi connectivity index (χ1n) is 27.2. The minimum Gasteiger partial charge on any atom is -0.455 e. The van der Waals surface area contributed by atoms with Crippen LogP contribution in [0.15, 0.2) is 277 Å². The first-order chi connectivity index (χ1) is 38.4. The Labute approximate surface area is 454 Å². The lowest BCUT2D eigenvalue weighted by molar-refractivity contribution is 0.660. The number of fused-ring (bicyclic) bond motifs is 18. The molecule has 0 saturated heterocycles. The lowest BCUT2D eigenvalue weighted by Crippen LogP contribution is -2.29. The number of anilines is 3. The molecule has 0 unspecified atom stereocenters. The van der Waals surface area contributed by atoms with Crippen LogP contribution in [0.5, 0.6) is 0 Å². The molecule has 0 fully saturated rings. The Kier molecular flexibility index (Phi) is 9.63. The fraction of sp³-hybridized carbons (Fsp3) is 0.0526. The van der Waals surface area contributed by atoms with Crippen LogP contribution < -0.4 is 4.90 Å². The zero-order valence-corrected chi connectivity index (χ0v) is 43.3. The minimum atomic E-state index is -0.561. The van der Waals surface area contributed by atoms with E-state index in [4.69, 9.17) is 4.42 Å². The van der Waals surface area contributed by atoms with E-state index in [0.29, 0.717) is 0 Å². The van der Waals surface area contributed by atoms with Crippen molar-refractivity contribution < 1.29 is 4.42 Å². The van der Waals surface area contributed by atoms with Gasteiger partial charge in [-0.25, -0.2) is 0 Å². The standard InChI is InChI=1S/C76H51NO/c1-75(2)70-46-51(56-30-17-31-64-63-27-11-15-36-72(63)78-74(56)64)39-43-61(70)62-44-42-54(47-71(62)75)77(52-40-37-49(38-41-52)48-19-4-3-5-20-48)53-22-16-21-50(45-53)55-29-18-35-69-73(55)65-28-10-14-34-68(65)76(69)66-32-12-8-25-59(66)57-23-6-7-24-58(57)60-26-9-13-33-67(60)76/h3-47H,1-2H3. The van der Waals surface area contributed by atoms with Crippen molar-refractivity contribution >= 4 is 39.0 Å². The molecule has 1 heterocycles. The van der Waals surface area contributed by atoms with Gasteiger partial charge >= 0.3 is 0 Å². The molecule has 0 N–H and O–H groups in total. The molecule has 0 bridgehead atoms. The lowest BCUT2D eigenvalue weighted by Gasteiger charge is -2.35. The summed E-state index contributed by atoms with van der Waals surface area (Å²) < 4.78 is 6.57. The van der Waals surface area contributed by atoms with Gasteiger partial charge < -0.3 is 9.32 Å². The Morgan fingerprint density at radius 2 is 0.744 bits per heavy atom. The Balaban J connectivity index is 0.855. The van der Waals surface area contributed by atoms with Crippen LogP contribution in [0.3, 0.4) is 0 Å². The molecule has 0 amide bonds. The van der Waals surface area contributed by atoms with Crippen molar-refractivity contribution in [1.29, 1.82) is 0 Å². The zero-order chi connectivity index (χ0) is 51.7. The molecule has 2 nitrogen and oxygen atoms in total. The second-order valence-corrected chi connectivity index (χ2v) is 21.9. The SMILES string of the molecule is CC1(C)c2cc(-c3cccc4c3oc3ccccc34)ccc2-c2ccc(N(c3ccc(-c4ccccc4)cc3)c3cccc(-c4cccc5c4-c4ccccc4C54c5ccccc5-c5ccccc5-c5ccccc54)c3)cc21. The summed E-state index contributed by atoms with van der Waals surface area (Å²) in [6.45, 7) is 4.77. The maximum Gasteiger partial charge on any atom is 0.143 e. The van der Waals surface area contributed by atoms with Crippen LogP contribution in [0, 0.1) is 0 Å². The highest BCUT2D eigenvalue weighted by Crippen LogP contribution is 2.63. The van der Waals surface area contributed by atoms with E-state index in [0.717, 1.165) is 50.1 Å². The third-order valence-electron chi connectivity index (χ3n) is 17.5. The highest BCUT2D eigenvalue weighted by atomic mass is 16.3. The molecule has 3 aliphatic carbocycles. The number of hydrogen-bond acceptors (Lipinski definition) is 2. The molecule has 0 radical (unpaired) electrons. The molecule has 1 spiro atoms. The Morgan fingerprint density at radius 1 is 0.282 bits per heavy atom. The van der Waals surface area contributed by atoms with Crippen molar-refractivity contribution in [3.05, 3.63) is 306 Å². The van der Waals surface area contributed by atoms with E-state index in [2.05, 4.69) is 286 Å². The van der Waals surface area contributed by atoms with Gasteiger partial charge in [-0.3, -0.25) is 0 Å². The van der Waals surface area contributed by atoms with Crippen molar-refractivity contribution in [2.24, 2.45) is 0 Å². The summed E-state index contributed by atoms with van der Waals surface area (Å²) in [6.07, 6.45) is 0. The van der Waals surface area contributed by atoms with Crippen LogP contribution in [0.25, 0.3) is 99.8 Å². The van der Waals surface area contributed by atoms with E-state index in [-0.39, 0.29) is 5.41 Å². The van der Waals surface area contributed by atoms with Gasteiger partial charge in [0.2, 0.25) is 0 Å². The van der Waals surface area contributed by atoms with E-state index in [1.807, 2.05) is 6.07 Å². The summed E-state index contributed by atoms with van der Waals surface area (Å²) in [5, 5.41) is 2.29. The highest BCUT2D eigenvalue weighted by molar-refractivity contribution is 6.10. The number of nitrogens with zero attached hydrogens (tertiary/aromatic N) is 1. The summed E-state index contributed by atoms with van der Waals surface area (Å²) in [7, 11) is 0. The number of rotatable bonds is 6. The fourth-order valence-corrected chi connectivity index (χ4v) is 14.0. The van der Waals surface area contributed by atoms with Gasteiger partial charge in [-0.2, -0.15) is 0 Å². The molecule has 12 aromatic carbocycles. The van der Waals surface area contributed by atoms with Crippen molar-refractivity contribution in [3.8, 4) is 77.9 Å². The molecule has 0 atom stereocenters. The molecule has 2 heteroatoms. The van der Waals surface area contributed by atoms with Crippen molar-refractivity contribution in [3.63, 3.8) is 0 Å². The molecule has 78 heavy (non-hydrogen) atoms. The third kappa shape index (κ3) is 6.32. The maximum atomic E-state index is 6.57. The summed E-state index contributed by atoms with van der Waals surface area (Å²) >= 11 is 0. The molecule has 0 saturated carbocycles. The largest absolute Gasteiger partial charge is 0.455 e. The average molecular weight is 994 g/mol. The Morgan fingerprint density at radius 3 is 1.49 bits per heavy atom. The Bertz CT molecular complexity index is 4530. The summed E-state index contributed by atoms with van der Waals surface area (Å²) in [6, 6.07) is 102. The minimum absolute atomic E-state index is 0.284. The molecule has 13 aromatic rings. The van der Waals surface area contributed by atoms with Gasteiger partial charge in [0.25, 0.3) is 0 Å². The van der Waals surface area contributed by atoms with E-state index in [1.165, 1.54) is 100 Å². The van der Waals surface area contributed by atoms with E-state index >= 15 is 0 Å².